The van der Waals surface area contributed by atoms with Gasteiger partial charge in [-0.2, -0.15) is 0 Å². The standard InChI is InChI=1S/C23H24ClN3O3S/c1-14-10-15(2)21(18(24)11-14)26-20(28)13-31-23-25-19-8-4-3-7-17(19)22(29)27(23)12-16-6-5-9-30-16/h3-4,7-8,10-11,16H,5-6,9,12-13H2,1-2H3,(H,26,28). The van der Waals surface area contributed by atoms with Gasteiger partial charge in [-0.05, 0) is 56.0 Å². The Bertz CT molecular complexity index is 1170. The Balaban J connectivity index is 1.57. The van der Waals surface area contributed by atoms with Crippen LogP contribution in [0.1, 0.15) is 24.0 Å². The second-order valence-electron chi connectivity index (χ2n) is 7.74. The Morgan fingerprint density at radius 1 is 1.32 bits per heavy atom. The molecule has 1 N–H and O–H groups in total. The first-order valence-corrected chi connectivity index (χ1v) is 11.6. The molecule has 0 radical (unpaired) electrons. The molecule has 1 saturated heterocycles. The Hall–Kier alpha value is -2.35. The highest BCUT2D eigenvalue weighted by Gasteiger charge is 2.21. The van der Waals surface area contributed by atoms with Crippen LogP contribution in [0, 0.1) is 13.8 Å². The van der Waals surface area contributed by atoms with Gasteiger partial charge in [-0.15, -0.1) is 0 Å². The summed E-state index contributed by atoms with van der Waals surface area (Å²) in [6.07, 6.45) is 1.89. The lowest BCUT2D eigenvalue weighted by molar-refractivity contribution is -0.113. The number of benzene rings is 2. The molecular weight excluding hydrogens is 434 g/mol. The van der Waals surface area contributed by atoms with Crippen LogP contribution in [0.25, 0.3) is 10.9 Å². The van der Waals surface area contributed by atoms with Gasteiger partial charge < -0.3 is 10.1 Å². The van der Waals surface area contributed by atoms with E-state index in [0.29, 0.717) is 39.9 Å². The number of nitrogens with one attached hydrogen (secondary N) is 1. The molecule has 1 aromatic heterocycles. The van der Waals surface area contributed by atoms with Gasteiger partial charge in [0.05, 0.1) is 40.0 Å². The summed E-state index contributed by atoms with van der Waals surface area (Å²) in [6.45, 7) is 5.01. The van der Waals surface area contributed by atoms with Gasteiger partial charge in [-0.25, -0.2) is 4.98 Å². The van der Waals surface area contributed by atoms with Gasteiger partial charge >= 0.3 is 0 Å². The molecule has 1 amide bonds. The van der Waals surface area contributed by atoms with E-state index in [1.54, 1.807) is 10.6 Å². The third-order valence-corrected chi connectivity index (χ3v) is 6.54. The maximum absolute atomic E-state index is 13.1. The minimum Gasteiger partial charge on any atom is -0.376 e. The molecule has 0 bridgehead atoms. The van der Waals surface area contributed by atoms with Crippen LogP contribution in [0.3, 0.4) is 0 Å². The number of ether oxygens (including phenoxy) is 1. The quantitative estimate of drug-likeness (QED) is 0.433. The first-order valence-electron chi connectivity index (χ1n) is 10.2. The fraction of sp³-hybridized carbons (Fsp3) is 0.348. The molecule has 0 spiro atoms. The molecule has 0 aliphatic carbocycles. The molecule has 0 saturated carbocycles. The summed E-state index contributed by atoms with van der Waals surface area (Å²) in [5.41, 5.74) is 3.06. The highest BCUT2D eigenvalue weighted by atomic mass is 35.5. The van der Waals surface area contributed by atoms with E-state index in [1.165, 1.54) is 11.8 Å². The predicted molar refractivity (Wildman–Crippen MR) is 125 cm³/mol. The highest BCUT2D eigenvalue weighted by molar-refractivity contribution is 7.99. The van der Waals surface area contributed by atoms with Crippen molar-refractivity contribution in [3.8, 4) is 0 Å². The van der Waals surface area contributed by atoms with E-state index in [0.717, 1.165) is 24.0 Å². The molecule has 1 aliphatic heterocycles. The zero-order valence-corrected chi connectivity index (χ0v) is 19.1. The summed E-state index contributed by atoms with van der Waals surface area (Å²) in [4.78, 5) is 30.4. The maximum Gasteiger partial charge on any atom is 0.262 e. The molecule has 162 valence electrons. The van der Waals surface area contributed by atoms with Crippen LogP contribution < -0.4 is 10.9 Å². The summed E-state index contributed by atoms with van der Waals surface area (Å²) in [5, 5.41) is 4.48. The largest absolute Gasteiger partial charge is 0.376 e. The van der Waals surface area contributed by atoms with E-state index in [9.17, 15) is 9.59 Å². The zero-order valence-electron chi connectivity index (χ0n) is 17.5. The topological polar surface area (TPSA) is 73.2 Å². The molecule has 2 heterocycles. The Morgan fingerprint density at radius 2 is 2.13 bits per heavy atom. The molecular formula is C23H24ClN3O3S. The minimum atomic E-state index is -0.204. The predicted octanol–water partition coefficient (Wildman–Crippen LogP) is 4.58. The fourth-order valence-corrected chi connectivity index (χ4v) is 4.97. The molecule has 4 rings (SSSR count). The van der Waals surface area contributed by atoms with E-state index in [1.807, 2.05) is 44.2 Å². The van der Waals surface area contributed by atoms with Crippen molar-refractivity contribution in [3.63, 3.8) is 0 Å². The zero-order chi connectivity index (χ0) is 22.0. The summed E-state index contributed by atoms with van der Waals surface area (Å²) in [6, 6.07) is 11.1. The number of anilines is 1. The Kier molecular flexibility index (Phi) is 6.65. The lowest BCUT2D eigenvalue weighted by atomic mass is 10.1. The average molecular weight is 458 g/mol. The van der Waals surface area contributed by atoms with E-state index < -0.39 is 0 Å². The van der Waals surface area contributed by atoms with Crippen molar-refractivity contribution in [2.75, 3.05) is 17.7 Å². The number of fused-ring (bicyclic) bond motifs is 1. The first kappa shape index (κ1) is 21.9. The number of nitrogens with zero attached hydrogens (tertiary/aromatic N) is 2. The van der Waals surface area contributed by atoms with E-state index in [2.05, 4.69) is 10.3 Å². The van der Waals surface area contributed by atoms with Crippen molar-refractivity contribution in [2.45, 2.75) is 44.5 Å². The SMILES string of the molecule is Cc1cc(C)c(NC(=O)CSc2nc3ccccc3c(=O)n2CC2CCCO2)c(Cl)c1. The lowest BCUT2D eigenvalue weighted by Crippen LogP contribution is -2.29. The summed E-state index contributed by atoms with van der Waals surface area (Å²) in [7, 11) is 0. The van der Waals surface area contributed by atoms with Crippen molar-refractivity contribution in [1.82, 2.24) is 9.55 Å². The van der Waals surface area contributed by atoms with Crippen LogP contribution in [0.15, 0.2) is 46.3 Å². The normalized spacial score (nSPS) is 16.0. The summed E-state index contributed by atoms with van der Waals surface area (Å²) < 4.78 is 7.37. The number of rotatable bonds is 6. The lowest BCUT2D eigenvalue weighted by Gasteiger charge is -2.16. The van der Waals surface area contributed by atoms with E-state index >= 15 is 0 Å². The third-order valence-electron chi connectivity index (χ3n) is 5.27. The van der Waals surface area contributed by atoms with Gasteiger partial charge in [-0.1, -0.05) is 41.6 Å². The van der Waals surface area contributed by atoms with Crippen molar-refractivity contribution in [1.29, 1.82) is 0 Å². The van der Waals surface area contributed by atoms with Crippen LogP contribution in [0.5, 0.6) is 0 Å². The number of thioether (sulfide) groups is 1. The second kappa shape index (κ2) is 9.42. The fourth-order valence-electron chi connectivity index (χ4n) is 3.79. The van der Waals surface area contributed by atoms with E-state index in [-0.39, 0.29) is 23.3 Å². The monoisotopic (exact) mass is 457 g/mol. The molecule has 1 aliphatic rings. The second-order valence-corrected chi connectivity index (χ2v) is 9.09. The van der Waals surface area contributed by atoms with Gasteiger partial charge in [0.15, 0.2) is 5.16 Å². The number of aryl methyl sites for hydroxylation is 2. The van der Waals surface area contributed by atoms with Crippen LogP contribution in [0.2, 0.25) is 5.02 Å². The van der Waals surface area contributed by atoms with Gasteiger partial charge in [-0.3, -0.25) is 14.2 Å². The molecule has 1 fully saturated rings. The minimum absolute atomic E-state index is 0.0112. The number of aromatic nitrogens is 2. The van der Waals surface area contributed by atoms with Gasteiger partial charge in [0.2, 0.25) is 5.91 Å². The third kappa shape index (κ3) is 4.95. The highest BCUT2D eigenvalue weighted by Crippen LogP contribution is 2.28. The number of para-hydroxylation sites is 1. The summed E-state index contributed by atoms with van der Waals surface area (Å²) in [5.74, 6) is -0.0927. The van der Waals surface area contributed by atoms with Crippen molar-refractivity contribution in [3.05, 3.63) is 62.9 Å². The van der Waals surface area contributed by atoms with E-state index in [4.69, 9.17) is 16.3 Å². The number of halogens is 1. The number of hydrogen-bond donors (Lipinski definition) is 1. The molecule has 31 heavy (non-hydrogen) atoms. The molecule has 1 atom stereocenters. The van der Waals surface area contributed by atoms with Gasteiger partial charge in [0, 0.05) is 6.61 Å². The number of hydrogen-bond acceptors (Lipinski definition) is 5. The smallest absolute Gasteiger partial charge is 0.262 e. The number of amides is 1. The average Bonchev–Trinajstić information content (AvgIpc) is 3.25. The van der Waals surface area contributed by atoms with Gasteiger partial charge in [0.25, 0.3) is 5.56 Å². The van der Waals surface area contributed by atoms with Crippen molar-refractivity contribution >= 4 is 45.9 Å². The number of carbonyl (C=O) groups is 1. The summed E-state index contributed by atoms with van der Waals surface area (Å²) >= 11 is 7.55. The van der Waals surface area contributed by atoms with Crippen LogP contribution in [-0.2, 0) is 16.1 Å². The van der Waals surface area contributed by atoms with Crippen molar-refractivity contribution in [2.24, 2.45) is 0 Å². The first-order chi connectivity index (χ1) is 14.9. The van der Waals surface area contributed by atoms with Crippen LogP contribution in [-0.4, -0.2) is 33.9 Å². The Labute approximate surface area is 190 Å². The molecule has 1 unspecified atom stereocenters. The number of carbonyl (C=O) groups excluding carboxylic acids is 1. The van der Waals surface area contributed by atoms with Crippen LogP contribution >= 0.6 is 23.4 Å². The van der Waals surface area contributed by atoms with Gasteiger partial charge in [0.1, 0.15) is 0 Å². The molecule has 6 nitrogen and oxygen atoms in total. The Morgan fingerprint density at radius 3 is 2.87 bits per heavy atom. The molecule has 2 aromatic carbocycles. The van der Waals surface area contributed by atoms with Crippen LogP contribution in [0.4, 0.5) is 5.69 Å². The molecule has 3 aromatic rings. The maximum atomic E-state index is 13.1. The van der Waals surface area contributed by atoms with Crippen molar-refractivity contribution < 1.29 is 9.53 Å². The molecule has 8 heteroatoms.